The highest BCUT2D eigenvalue weighted by Gasteiger charge is 1.89. The van der Waals surface area contributed by atoms with Crippen molar-refractivity contribution in [1.29, 1.82) is 0 Å². The van der Waals surface area contributed by atoms with Crippen molar-refractivity contribution in [2.45, 2.75) is 9.79 Å². The molecule has 12 heavy (non-hydrogen) atoms. The summed E-state index contributed by atoms with van der Waals surface area (Å²) < 4.78 is 0. The molecule has 1 aromatic rings. The third-order valence-electron chi connectivity index (χ3n) is 1.30. The molecule has 3 heteroatoms. The van der Waals surface area contributed by atoms with Gasteiger partial charge in [-0.1, -0.05) is 0 Å². The zero-order chi connectivity index (χ0) is 9.40. The molecule has 1 N–H and O–H groups in total. The lowest BCUT2D eigenvalue weighted by molar-refractivity contribution is 0.399. The normalized spacial score (nSPS) is 8.67. The van der Waals surface area contributed by atoms with Gasteiger partial charge in [0.1, 0.15) is 0 Å². The van der Waals surface area contributed by atoms with Crippen molar-refractivity contribution in [2.75, 3.05) is 19.6 Å². The van der Waals surface area contributed by atoms with Gasteiger partial charge in [0.25, 0.3) is 0 Å². The smallest absolute Gasteiger partial charge is 0.0319 e. The fourth-order valence-electron chi connectivity index (χ4n) is 0.712. The summed E-state index contributed by atoms with van der Waals surface area (Å²) in [6.45, 7) is 0. The monoisotopic (exact) mass is 202 g/mol. The number of thioether (sulfide) groups is 2. The van der Waals surface area contributed by atoms with Gasteiger partial charge in [0.05, 0.1) is 0 Å². The first kappa shape index (κ1) is 11.9. The molecule has 0 aromatic heterocycles. The molecular weight excluding hydrogens is 188 g/mol. The first-order chi connectivity index (χ1) is 5.86. The number of hydrogen-bond donors (Lipinski definition) is 1. The molecule has 1 rings (SSSR count). The summed E-state index contributed by atoms with van der Waals surface area (Å²) >= 11 is 3.56. The predicted molar refractivity (Wildman–Crippen MR) is 58.1 cm³/mol. The zero-order valence-electron chi connectivity index (χ0n) is 7.57. The van der Waals surface area contributed by atoms with E-state index in [1.807, 2.05) is 0 Å². The third-order valence-corrected chi connectivity index (χ3v) is 2.78. The first-order valence-corrected chi connectivity index (χ1v) is 5.94. The van der Waals surface area contributed by atoms with Crippen molar-refractivity contribution in [2.24, 2.45) is 0 Å². The second-order valence-corrected chi connectivity index (χ2v) is 3.64. The Kier molecular flexibility index (Phi) is 7.45. The van der Waals surface area contributed by atoms with Gasteiger partial charge in [-0.25, -0.2) is 0 Å². The Morgan fingerprint density at radius 3 is 1.25 bits per heavy atom. The van der Waals surface area contributed by atoms with E-state index in [2.05, 4.69) is 36.8 Å². The summed E-state index contributed by atoms with van der Waals surface area (Å²) in [5.41, 5.74) is 0. The summed E-state index contributed by atoms with van der Waals surface area (Å²) in [4.78, 5) is 2.66. The number of rotatable bonds is 2. The number of aliphatic hydroxyl groups is 1. The van der Waals surface area contributed by atoms with Crippen molar-refractivity contribution in [3.8, 4) is 0 Å². The molecule has 68 valence electrons. The van der Waals surface area contributed by atoms with Crippen LogP contribution in [0.5, 0.6) is 0 Å². The Bertz CT molecular complexity index is 173. The van der Waals surface area contributed by atoms with Crippen molar-refractivity contribution >= 4 is 23.5 Å². The van der Waals surface area contributed by atoms with Crippen LogP contribution in [0, 0.1) is 0 Å². The molecule has 0 spiro atoms. The Hall–Kier alpha value is -0.120. The molecule has 1 aromatic carbocycles. The van der Waals surface area contributed by atoms with Crippen LogP contribution in [0.4, 0.5) is 0 Å². The second kappa shape index (κ2) is 7.53. The topological polar surface area (TPSA) is 20.2 Å². The molecule has 0 aliphatic rings. The molecule has 0 bridgehead atoms. The highest BCUT2D eigenvalue weighted by atomic mass is 32.2. The highest BCUT2D eigenvalue weighted by Crippen LogP contribution is 2.19. The lowest BCUT2D eigenvalue weighted by atomic mass is 10.4. The van der Waals surface area contributed by atoms with Gasteiger partial charge in [-0.15, -0.1) is 23.5 Å². The molecule has 0 aliphatic carbocycles. The summed E-state index contributed by atoms with van der Waals surface area (Å²) in [5, 5.41) is 7.00. The largest absolute Gasteiger partial charge is 0.400 e. The van der Waals surface area contributed by atoms with E-state index in [9.17, 15) is 0 Å². The van der Waals surface area contributed by atoms with Gasteiger partial charge in [0.15, 0.2) is 0 Å². The van der Waals surface area contributed by atoms with Crippen LogP contribution in [0.3, 0.4) is 0 Å². The average molecular weight is 202 g/mol. The van der Waals surface area contributed by atoms with Crippen LogP contribution in [0.25, 0.3) is 0 Å². The van der Waals surface area contributed by atoms with Crippen molar-refractivity contribution in [3.63, 3.8) is 0 Å². The second-order valence-electron chi connectivity index (χ2n) is 1.88. The lowest BCUT2D eigenvalue weighted by Gasteiger charge is -1.96. The van der Waals surface area contributed by atoms with Crippen molar-refractivity contribution in [3.05, 3.63) is 24.3 Å². The van der Waals surface area contributed by atoms with Gasteiger partial charge >= 0.3 is 0 Å². The summed E-state index contributed by atoms with van der Waals surface area (Å²) in [7, 11) is 1.00. The zero-order valence-corrected chi connectivity index (χ0v) is 9.21. The molecule has 0 heterocycles. The van der Waals surface area contributed by atoms with Gasteiger partial charge in [0, 0.05) is 16.9 Å². The Morgan fingerprint density at radius 2 is 1.08 bits per heavy atom. The highest BCUT2D eigenvalue weighted by molar-refractivity contribution is 7.99. The molecule has 0 fully saturated rings. The van der Waals surface area contributed by atoms with Crippen LogP contribution in [0.2, 0.25) is 0 Å². The Labute approximate surface area is 82.6 Å². The minimum absolute atomic E-state index is 1.00. The van der Waals surface area contributed by atoms with Gasteiger partial charge in [-0.05, 0) is 36.8 Å². The maximum atomic E-state index is 7.00. The van der Waals surface area contributed by atoms with Gasteiger partial charge in [-0.2, -0.15) is 0 Å². The summed E-state index contributed by atoms with van der Waals surface area (Å²) in [6.07, 6.45) is 4.18. The number of aliphatic hydroxyl groups excluding tert-OH is 1. The quantitative estimate of drug-likeness (QED) is 0.745. The van der Waals surface area contributed by atoms with Crippen molar-refractivity contribution in [1.82, 2.24) is 0 Å². The molecular formula is C9H14OS2. The van der Waals surface area contributed by atoms with E-state index in [-0.39, 0.29) is 0 Å². The molecule has 1 nitrogen and oxygen atoms in total. The third kappa shape index (κ3) is 4.04. The molecule has 0 radical (unpaired) electrons. The maximum absolute atomic E-state index is 7.00. The molecule has 0 unspecified atom stereocenters. The minimum atomic E-state index is 1.00. The van der Waals surface area contributed by atoms with Gasteiger partial charge in [0.2, 0.25) is 0 Å². The van der Waals surface area contributed by atoms with Crippen LogP contribution in [0.1, 0.15) is 0 Å². The predicted octanol–water partition coefficient (Wildman–Crippen LogP) is 2.74. The van der Waals surface area contributed by atoms with E-state index in [0.717, 1.165) is 7.11 Å². The maximum Gasteiger partial charge on any atom is 0.0319 e. The minimum Gasteiger partial charge on any atom is -0.400 e. The van der Waals surface area contributed by atoms with Crippen molar-refractivity contribution < 1.29 is 5.11 Å². The van der Waals surface area contributed by atoms with Crippen LogP contribution < -0.4 is 0 Å². The van der Waals surface area contributed by atoms with E-state index in [1.54, 1.807) is 23.5 Å². The molecule has 0 amide bonds. The fraction of sp³-hybridized carbons (Fsp3) is 0.333. The standard InChI is InChI=1S/C8H10S2.CH4O/c1-9-7-3-5-8(10-2)6-4-7;1-2/h3-6H,1-2H3;2H,1H3. The number of hydrogen-bond acceptors (Lipinski definition) is 3. The van der Waals surface area contributed by atoms with Crippen LogP contribution in [0.15, 0.2) is 34.1 Å². The van der Waals surface area contributed by atoms with E-state index in [0.29, 0.717) is 0 Å². The first-order valence-electron chi connectivity index (χ1n) is 3.49. The Balaban J connectivity index is 0.000000561. The fourth-order valence-corrected chi connectivity index (χ4v) is 1.53. The molecule has 0 saturated heterocycles. The molecule has 0 aliphatic heterocycles. The summed E-state index contributed by atoms with van der Waals surface area (Å²) in [5.74, 6) is 0. The van der Waals surface area contributed by atoms with Gasteiger partial charge in [-0.3, -0.25) is 0 Å². The van der Waals surface area contributed by atoms with Crippen LogP contribution in [-0.2, 0) is 0 Å². The SMILES string of the molecule is CO.CSc1ccc(SC)cc1. The van der Waals surface area contributed by atoms with E-state index >= 15 is 0 Å². The van der Waals surface area contributed by atoms with E-state index in [1.165, 1.54) is 9.79 Å². The molecule has 0 saturated carbocycles. The van der Waals surface area contributed by atoms with Crippen LogP contribution in [-0.4, -0.2) is 24.7 Å². The average Bonchev–Trinajstić information content (AvgIpc) is 2.21. The lowest BCUT2D eigenvalue weighted by Crippen LogP contribution is -1.69. The number of benzene rings is 1. The van der Waals surface area contributed by atoms with E-state index in [4.69, 9.17) is 5.11 Å². The summed E-state index contributed by atoms with van der Waals surface area (Å²) in [6, 6.07) is 8.60. The Morgan fingerprint density at radius 1 is 0.833 bits per heavy atom. The van der Waals surface area contributed by atoms with E-state index < -0.39 is 0 Å². The van der Waals surface area contributed by atoms with Gasteiger partial charge < -0.3 is 5.11 Å². The van der Waals surface area contributed by atoms with Crippen LogP contribution >= 0.6 is 23.5 Å². The molecule has 0 atom stereocenters.